The number of nitrogens with one attached hydrogen (secondary N) is 1. The van der Waals surface area contributed by atoms with Gasteiger partial charge >= 0.3 is 0 Å². The Morgan fingerprint density at radius 1 is 1.18 bits per heavy atom. The SMILES string of the molecule is Cc1cccc(CCNS(=O)(=O)c2ccc3c(c2)CCN3C(=O)C2CCC2)c1. The van der Waals surface area contributed by atoms with Gasteiger partial charge in [-0.2, -0.15) is 0 Å². The molecule has 1 amide bonds. The summed E-state index contributed by atoms with van der Waals surface area (Å²) >= 11 is 0. The maximum atomic E-state index is 12.7. The third-order valence-electron chi connectivity index (χ3n) is 5.77. The average Bonchev–Trinajstić information content (AvgIpc) is 3.03. The first-order valence-electron chi connectivity index (χ1n) is 9.93. The molecular formula is C22H26N2O3S. The van der Waals surface area contributed by atoms with Gasteiger partial charge in [-0.05, 0) is 61.9 Å². The Labute approximate surface area is 166 Å². The van der Waals surface area contributed by atoms with Gasteiger partial charge in [0.2, 0.25) is 15.9 Å². The molecule has 1 fully saturated rings. The average molecular weight is 399 g/mol. The second-order valence-corrected chi connectivity index (χ2v) is 9.56. The lowest BCUT2D eigenvalue weighted by molar-refractivity contribution is -0.124. The lowest BCUT2D eigenvalue weighted by Crippen LogP contribution is -2.37. The van der Waals surface area contributed by atoms with Crippen LogP contribution in [0.25, 0.3) is 0 Å². The zero-order valence-electron chi connectivity index (χ0n) is 16.1. The van der Waals surface area contributed by atoms with Crippen LogP contribution in [0.3, 0.4) is 0 Å². The van der Waals surface area contributed by atoms with Crippen LogP contribution in [-0.4, -0.2) is 27.4 Å². The number of benzene rings is 2. The van der Waals surface area contributed by atoms with Gasteiger partial charge in [-0.25, -0.2) is 13.1 Å². The summed E-state index contributed by atoms with van der Waals surface area (Å²) in [6, 6.07) is 13.2. The highest BCUT2D eigenvalue weighted by atomic mass is 32.2. The fourth-order valence-electron chi connectivity index (χ4n) is 3.93. The quantitative estimate of drug-likeness (QED) is 0.813. The Kier molecular flexibility index (Phi) is 5.25. The Bertz CT molecular complexity index is 997. The molecule has 2 aliphatic rings. The van der Waals surface area contributed by atoms with Crippen LogP contribution in [0.15, 0.2) is 47.4 Å². The maximum Gasteiger partial charge on any atom is 0.240 e. The molecule has 5 nitrogen and oxygen atoms in total. The number of aryl methyl sites for hydroxylation is 1. The van der Waals surface area contributed by atoms with Gasteiger partial charge in [0, 0.05) is 24.7 Å². The van der Waals surface area contributed by atoms with Crippen molar-refractivity contribution in [3.05, 3.63) is 59.2 Å². The van der Waals surface area contributed by atoms with Crippen molar-refractivity contribution in [1.82, 2.24) is 4.72 Å². The molecule has 2 aromatic carbocycles. The van der Waals surface area contributed by atoms with Crippen molar-refractivity contribution in [1.29, 1.82) is 0 Å². The fraction of sp³-hybridized carbons (Fsp3) is 0.409. The normalized spacial score (nSPS) is 16.7. The van der Waals surface area contributed by atoms with E-state index >= 15 is 0 Å². The second kappa shape index (κ2) is 7.68. The molecule has 0 atom stereocenters. The van der Waals surface area contributed by atoms with Gasteiger partial charge < -0.3 is 4.90 Å². The summed E-state index contributed by atoms with van der Waals surface area (Å²) in [5, 5.41) is 0. The zero-order chi connectivity index (χ0) is 19.7. The third-order valence-corrected chi connectivity index (χ3v) is 7.22. The van der Waals surface area contributed by atoms with Crippen LogP contribution in [0.4, 0.5) is 5.69 Å². The molecule has 2 aromatic rings. The Balaban J connectivity index is 1.43. The highest BCUT2D eigenvalue weighted by Crippen LogP contribution is 2.35. The van der Waals surface area contributed by atoms with Crippen molar-refractivity contribution in [2.24, 2.45) is 5.92 Å². The number of hydrogen-bond donors (Lipinski definition) is 1. The monoisotopic (exact) mass is 398 g/mol. The van der Waals surface area contributed by atoms with Crippen LogP contribution < -0.4 is 9.62 Å². The van der Waals surface area contributed by atoms with Crippen LogP contribution >= 0.6 is 0 Å². The molecule has 1 saturated carbocycles. The van der Waals surface area contributed by atoms with E-state index in [0.717, 1.165) is 36.1 Å². The first-order chi connectivity index (χ1) is 13.4. The van der Waals surface area contributed by atoms with Crippen molar-refractivity contribution >= 4 is 21.6 Å². The van der Waals surface area contributed by atoms with Crippen LogP contribution in [-0.2, 0) is 27.7 Å². The van der Waals surface area contributed by atoms with E-state index in [2.05, 4.69) is 10.8 Å². The number of sulfonamides is 1. The number of hydrogen-bond acceptors (Lipinski definition) is 3. The van der Waals surface area contributed by atoms with Crippen LogP contribution in [0.2, 0.25) is 0 Å². The molecule has 1 N–H and O–H groups in total. The number of carbonyl (C=O) groups is 1. The molecule has 1 aliphatic heterocycles. The first kappa shape index (κ1) is 19.2. The van der Waals surface area contributed by atoms with Gasteiger partial charge in [0.05, 0.1) is 4.90 Å². The summed E-state index contributed by atoms with van der Waals surface area (Å²) in [6.07, 6.45) is 4.43. The summed E-state index contributed by atoms with van der Waals surface area (Å²) < 4.78 is 28.0. The van der Waals surface area contributed by atoms with Gasteiger partial charge in [-0.3, -0.25) is 4.79 Å². The number of nitrogens with zero attached hydrogens (tertiary/aromatic N) is 1. The molecule has 0 bridgehead atoms. The van der Waals surface area contributed by atoms with Crippen LogP contribution in [0, 0.1) is 12.8 Å². The highest BCUT2D eigenvalue weighted by molar-refractivity contribution is 7.89. The molecule has 4 rings (SSSR count). The van der Waals surface area contributed by atoms with E-state index in [1.807, 2.05) is 30.0 Å². The van der Waals surface area contributed by atoms with E-state index in [1.165, 1.54) is 5.56 Å². The Morgan fingerprint density at radius 3 is 2.71 bits per heavy atom. The molecular weight excluding hydrogens is 372 g/mol. The lowest BCUT2D eigenvalue weighted by Gasteiger charge is -2.29. The number of amides is 1. The van der Waals surface area contributed by atoms with Crippen LogP contribution in [0.1, 0.15) is 36.0 Å². The van der Waals surface area contributed by atoms with Gasteiger partial charge in [0.1, 0.15) is 0 Å². The minimum absolute atomic E-state index is 0.151. The summed E-state index contributed by atoms with van der Waals surface area (Å²) in [4.78, 5) is 14.7. The number of rotatable bonds is 6. The largest absolute Gasteiger partial charge is 0.312 e. The molecule has 28 heavy (non-hydrogen) atoms. The molecule has 0 aromatic heterocycles. The second-order valence-electron chi connectivity index (χ2n) is 7.80. The molecule has 0 spiro atoms. The molecule has 1 heterocycles. The summed E-state index contributed by atoms with van der Waals surface area (Å²) in [7, 11) is -3.56. The highest BCUT2D eigenvalue weighted by Gasteiger charge is 2.33. The predicted molar refractivity (Wildman–Crippen MR) is 110 cm³/mol. The predicted octanol–water partition coefficient (Wildman–Crippen LogP) is 3.21. The molecule has 1 aliphatic carbocycles. The van der Waals surface area contributed by atoms with E-state index in [9.17, 15) is 13.2 Å². The van der Waals surface area contributed by atoms with Crippen molar-refractivity contribution in [2.75, 3.05) is 18.0 Å². The molecule has 6 heteroatoms. The van der Waals surface area contributed by atoms with Crippen molar-refractivity contribution < 1.29 is 13.2 Å². The lowest BCUT2D eigenvalue weighted by atomic mass is 9.84. The minimum atomic E-state index is -3.56. The first-order valence-corrected chi connectivity index (χ1v) is 11.4. The summed E-state index contributed by atoms with van der Waals surface area (Å²) in [6.45, 7) is 3.03. The number of fused-ring (bicyclic) bond motifs is 1. The van der Waals surface area contributed by atoms with E-state index in [-0.39, 0.29) is 16.7 Å². The van der Waals surface area contributed by atoms with Gasteiger partial charge in [-0.15, -0.1) is 0 Å². The fourth-order valence-corrected chi connectivity index (χ4v) is 5.01. The molecule has 0 saturated heterocycles. The smallest absolute Gasteiger partial charge is 0.240 e. The number of carbonyl (C=O) groups excluding carboxylic acids is 1. The summed E-state index contributed by atoms with van der Waals surface area (Å²) in [5.74, 6) is 0.342. The standard InChI is InChI=1S/C22H26N2O3S/c1-16-4-2-5-17(14-16)10-12-23-28(26,27)20-8-9-21-19(15-20)11-13-24(21)22(25)18-6-3-7-18/h2,4-5,8-9,14-15,18,23H,3,6-7,10-13H2,1H3. The van der Waals surface area contributed by atoms with Crippen LogP contribution in [0.5, 0.6) is 0 Å². The van der Waals surface area contributed by atoms with E-state index < -0.39 is 10.0 Å². The molecule has 0 unspecified atom stereocenters. The molecule has 148 valence electrons. The van der Waals surface area contributed by atoms with Crippen molar-refractivity contribution in [3.8, 4) is 0 Å². The third kappa shape index (κ3) is 3.84. The van der Waals surface area contributed by atoms with Crippen molar-refractivity contribution in [2.45, 2.75) is 43.9 Å². The topological polar surface area (TPSA) is 66.5 Å². The van der Waals surface area contributed by atoms with Crippen molar-refractivity contribution in [3.63, 3.8) is 0 Å². The van der Waals surface area contributed by atoms with E-state index in [0.29, 0.717) is 25.9 Å². The minimum Gasteiger partial charge on any atom is -0.312 e. The van der Waals surface area contributed by atoms with Gasteiger partial charge in [-0.1, -0.05) is 36.2 Å². The van der Waals surface area contributed by atoms with E-state index in [4.69, 9.17) is 0 Å². The number of anilines is 1. The Morgan fingerprint density at radius 2 is 2.00 bits per heavy atom. The maximum absolute atomic E-state index is 12.7. The summed E-state index contributed by atoms with van der Waals surface area (Å²) in [5.41, 5.74) is 4.09. The van der Waals surface area contributed by atoms with Gasteiger partial charge in [0.25, 0.3) is 0 Å². The van der Waals surface area contributed by atoms with Gasteiger partial charge in [0.15, 0.2) is 0 Å². The van der Waals surface area contributed by atoms with E-state index in [1.54, 1.807) is 18.2 Å². The molecule has 0 radical (unpaired) electrons. The Hall–Kier alpha value is -2.18. The zero-order valence-corrected chi connectivity index (χ0v) is 17.0.